The third-order valence-electron chi connectivity index (χ3n) is 6.61. The first-order valence-electron chi connectivity index (χ1n) is 11.5. The highest BCUT2D eigenvalue weighted by molar-refractivity contribution is 8.00. The Hall–Kier alpha value is -2.77. The van der Waals surface area contributed by atoms with Crippen molar-refractivity contribution >= 4 is 46.1 Å². The molecule has 0 saturated heterocycles. The fraction of sp³-hybridized carbons (Fsp3) is 0.308. The summed E-state index contributed by atoms with van der Waals surface area (Å²) < 4.78 is 20.5. The third-order valence-corrected chi connectivity index (χ3v) is 8.00. The summed E-state index contributed by atoms with van der Waals surface area (Å²) in [5.41, 5.74) is 11.2. The monoisotopic (exact) mass is 495 g/mol. The summed E-state index contributed by atoms with van der Waals surface area (Å²) in [5, 5.41) is 1.52. The van der Waals surface area contributed by atoms with Gasteiger partial charge >= 0.3 is 0 Å². The summed E-state index contributed by atoms with van der Waals surface area (Å²) in [4.78, 5) is 9.76. The van der Waals surface area contributed by atoms with Crippen LogP contribution in [-0.4, -0.2) is 14.5 Å². The van der Waals surface area contributed by atoms with E-state index in [0.29, 0.717) is 17.5 Å². The van der Waals surface area contributed by atoms with Crippen LogP contribution in [-0.2, 0) is 0 Å². The number of nitrogens with two attached hydrogens (primary N) is 1. The van der Waals surface area contributed by atoms with Crippen molar-refractivity contribution in [2.24, 2.45) is 0 Å². The number of aryl methyl sites for hydroxylation is 2. The van der Waals surface area contributed by atoms with Crippen LogP contribution in [0, 0.1) is 19.7 Å². The second-order valence-corrected chi connectivity index (χ2v) is 10.2. The fourth-order valence-electron chi connectivity index (χ4n) is 4.70. The molecule has 1 fully saturated rings. The maximum atomic E-state index is 15.2. The number of halogens is 2. The lowest BCUT2D eigenvalue weighted by atomic mass is 9.95. The largest absolute Gasteiger partial charge is 0.383 e. The van der Waals surface area contributed by atoms with Crippen LogP contribution in [0.4, 0.5) is 15.9 Å². The van der Waals surface area contributed by atoms with Crippen LogP contribution >= 0.6 is 23.5 Å². The quantitative estimate of drug-likeness (QED) is 0.277. The number of hydrogen-bond acceptors (Lipinski definition) is 5. The first-order chi connectivity index (χ1) is 16.4. The second kappa shape index (κ2) is 9.47. The van der Waals surface area contributed by atoms with Crippen LogP contribution in [0.1, 0.15) is 49.3 Å². The van der Waals surface area contributed by atoms with Gasteiger partial charge in [0, 0.05) is 27.7 Å². The molecule has 34 heavy (non-hydrogen) atoms. The molecule has 2 aromatic heterocycles. The van der Waals surface area contributed by atoms with Gasteiger partial charge < -0.3 is 15.0 Å². The van der Waals surface area contributed by atoms with Crippen LogP contribution in [0.15, 0.2) is 47.8 Å². The number of hydrogen-bond donors (Lipinski definition) is 2. The Balaban J connectivity index is 1.46. The van der Waals surface area contributed by atoms with Gasteiger partial charge in [-0.3, -0.25) is 0 Å². The second-order valence-electron chi connectivity index (χ2n) is 8.97. The van der Waals surface area contributed by atoms with E-state index in [1.165, 1.54) is 37.5 Å². The van der Waals surface area contributed by atoms with Crippen molar-refractivity contribution in [1.29, 1.82) is 0 Å². The zero-order chi connectivity index (χ0) is 23.8. The summed E-state index contributed by atoms with van der Waals surface area (Å²) in [6.45, 7) is 3.95. The summed E-state index contributed by atoms with van der Waals surface area (Å²) in [6, 6.07) is 9.54. The molecule has 1 aliphatic carbocycles. The maximum Gasteiger partial charge on any atom is 0.147 e. The molecule has 0 amide bonds. The van der Waals surface area contributed by atoms with Crippen molar-refractivity contribution in [1.82, 2.24) is 14.5 Å². The highest BCUT2D eigenvalue weighted by Gasteiger charge is 2.22. The summed E-state index contributed by atoms with van der Waals surface area (Å²) in [6.07, 6.45) is 9.50. The van der Waals surface area contributed by atoms with E-state index in [1.54, 1.807) is 12.1 Å². The molecule has 8 heteroatoms. The van der Waals surface area contributed by atoms with Gasteiger partial charge in [-0.2, -0.15) is 0 Å². The molecule has 0 bridgehead atoms. The lowest BCUT2D eigenvalue weighted by molar-refractivity contribution is 0.360. The molecule has 4 aromatic rings. The Kier molecular flexibility index (Phi) is 6.40. The third kappa shape index (κ3) is 4.34. The molecular weight excluding hydrogens is 469 g/mol. The summed E-state index contributed by atoms with van der Waals surface area (Å²) in [5.74, 6) is 0.0867. The zero-order valence-electron chi connectivity index (χ0n) is 19.2. The number of benzene rings is 2. The van der Waals surface area contributed by atoms with Gasteiger partial charge in [0.15, 0.2) is 0 Å². The van der Waals surface area contributed by atoms with Gasteiger partial charge in [-0.05, 0) is 79.6 Å². The van der Waals surface area contributed by atoms with Crippen LogP contribution in [0.5, 0.6) is 0 Å². The Morgan fingerprint density at radius 3 is 2.65 bits per heavy atom. The van der Waals surface area contributed by atoms with E-state index in [1.807, 2.05) is 32.0 Å². The fourth-order valence-corrected chi connectivity index (χ4v) is 5.76. The number of nitrogens with one attached hydrogen (secondary N) is 1. The first kappa shape index (κ1) is 23.0. The Morgan fingerprint density at radius 1 is 1.09 bits per heavy atom. The van der Waals surface area contributed by atoms with Crippen LogP contribution in [0.3, 0.4) is 0 Å². The minimum atomic E-state index is -0.331. The van der Waals surface area contributed by atoms with Crippen molar-refractivity contribution < 1.29 is 4.39 Å². The maximum absolute atomic E-state index is 15.2. The van der Waals surface area contributed by atoms with Gasteiger partial charge in [0.2, 0.25) is 0 Å². The number of fused-ring (bicyclic) bond motifs is 1. The zero-order valence-corrected chi connectivity index (χ0v) is 20.8. The normalized spacial score (nSPS) is 14.6. The smallest absolute Gasteiger partial charge is 0.147 e. The molecule has 5 nitrogen and oxygen atoms in total. The van der Waals surface area contributed by atoms with Crippen LogP contribution < -0.4 is 10.5 Å². The van der Waals surface area contributed by atoms with E-state index in [2.05, 4.69) is 25.5 Å². The lowest BCUT2D eigenvalue weighted by Gasteiger charge is -2.23. The molecule has 0 radical (unpaired) electrons. The molecule has 2 heterocycles. The van der Waals surface area contributed by atoms with Gasteiger partial charge in [0.1, 0.15) is 23.6 Å². The van der Waals surface area contributed by atoms with Gasteiger partial charge in [0.25, 0.3) is 0 Å². The van der Waals surface area contributed by atoms with Gasteiger partial charge in [0.05, 0.1) is 11.1 Å². The minimum Gasteiger partial charge on any atom is -0.383 e. The standard InChI is InChI=1S/C26H27ClFN5S/c1-15-11-23(16(2)10-20(15)27)34-32-22-9-8-17(12-21(22)28)19-13-33(18-6-4-3-5-7-18)26-24(19)25(29)30-14-31-26/h8-14,18,32H,3-7H2,1-2H3,(H2,29,30,31). The molecule has 0 unspecified atom stereocenters. The van der Waals surface area contributed by atoms with E-state index in [-0.39, 0.29) is 5.82 Å². The molecular formula is C26H27ClFN5S. The van der Waals surface area contributed by atoms with Crippen LogP contribution in [0.25, 0.3) is 22.2 Å². The Morgan fingerprint density at radius 2 is 1.88 bits per heavy atom. The van der Waals surface area contributed by atoms with E-state index in [0.717, 1.165) is 56.0 Å². The summed E-state index contributed by atoms with van der Waals surface area (Å²) in [7, 11) is 0. The molecule has 3 N–H and O–H groups in total. The van der Waals surface area contributed by atoms with E-state index < -0.39 is 0 Å². The van der Waals surface area contributed by atoms with Crippen molar-refractivity contribution in [3.63, 3.8) is 0 Å². The molecule has 5 rings (SSSR count). The first-order valence-corrected chi connectivity index (χ1v) is 12.7. The van der Waals surface area contributed by atoms with Crippen molar-refractivity contribution in [3.05, 3.63) is 64.8 Å². The number of anilines is 2. The van der Waals surface area contributed by atoms with Crippen LogP contribution in [0.2, 0.25) is 5.02 Å². The molecule has 0 atom stereocenters. The highest BCUT2D eigenvalue weighted by atomic mass is 35.5. The average molecular weight is 496 g/mol. The van der Waals surface area contributed by atoms with Crippen molar-refractivity contribution in [2.75, 3.05) is 10.5 Å². The molecule has 0 spiro atoms. The molecule has 1 aliphatic rings. The van der Waals surface area contributed by atoms with E-state index in [4.69, 9.17) is 17.3 Å². The molecule has 1 saturated carbocycles. The number of nitrogens with zero attached hydrogens (tertiary/aromatic N) is 3. The molecule has 2 aromatic carbocycles. The predicted octanol–water partition coefficient (Wildman–Crippen LogP) is 7.71. The average Bonchev–Trinajstić information content (AvgIpc) is 3.23. The number of aromatic nitrogens is 3. The number of nitrogen functional groups attached to an aromatic ring is 1. The van der Waals surface area contributed by atoms with Crippen molar-refractivity contribution in [3.8, 4) is 11.1 Å². The highest BCUT2D eigenvalue weighted by Crippen LogP contribution is 2.39. The Bertz CT molecular complexity index is 1360. The SMILES string of the molecule is Cc1cc(SNc2ccc(-c3cn(C4CCCCC4)c4ncnc(N)c34)cc2F)c(C)cc1Cl. The molecule has 0 aliphatic heterocycles. The Labute approximate surface area is 208 Å². The topological polar surface area (TPSA) is 68.8 Å². The van der Waals surface area contributed by atoms with Gasteiger partial charge in [-0.1, -0.05) is 36.9 Å². The van der Waals surface area contributed by atoms with E-state index >= 15 is 4.39 Å². The predicted molar refractivity (Wildman–Crippen MR) is 140 cm³/mol. The van der Waals surface area contributed by atoms with Crippen molar-refractivity contribution in [2.45, 2.75) is 56.9 Å². The molecule has 176 valence electrons. The number of rotatable bonds is 5. The van der Waals surface area contributed by atoms with E-state index in [9.17, 15) is 0 Å². The summed E-state index contributed by atoms with van der Waals surface area (Å²) >= 11 is 7.57. The van der Waals surface area contributed by atoms with Gasteiger partial charge in [-0.15, -0.1) is 0 Å². The minimum absolute atomic E-state index is 0.331. The lowest BCUT2D eigenvalue weighted by Crippen LogP contribution is -2.12. The van der Waals surface area contributed by atoms with Gasteiger partial charge in [-0.25, -0.2) is 14.4 Å².